The molecule has 0 aliphatic carbocycles. The molecule has 0 fully saturated rings. The molecule has 0 radical (unpaired) electrons. The molecule has 0 aliphatic rings. The lowest BCUT2D eigenvalue weighted by atomic mass is 10.0. The van der Waals surface area contributed by atoms with Crippen molar-refractivity contribution in [3.63, 3.8) is 0 Å². The van der Waals surface area contributed by atoms with Crippen molar-refractivity contribution >= 4 is 35.7 Å². The van der Waals surface area contributed by atoms with Gasteiger partial charge < -0.3 is 36.1 Å². The average Bonchev–Trinajstić information content (AvgIpc) is 2.94. The minimum atomic E-state index is -0.986. The largest absolute Gasteiger partial charge is 0.459 e. The third-order valence-corrected chi connectivity index (χ3v) is 6.38. The predicted molar refractivity (Wildman–Crippen MR) is 173 cm³/mol. The molecule has 5 N–H and O–H groups in total. The van der Waals surface area contributed by atoms with E-state index in [1.807, 2.05) is 58.0 Å². The third kappa shape index (κ3) is 16.8. The van der Waals surface area contributed by atoms with Crippen molar-refractivity contribution in [1.29, 1.82) is 0 Å². The van der Waals surface area contributed by atoms with E-state index in [2.05, 4.69) is 26.6 Å². The Bertz CT molecular complexity index is 1160. The van der Waals surface area contributed by atoms with E-state index in [4.69, 9.17) is 9.47 Å². The molecule has 3 atom stereocenters. The predicted octanol–water partition coefficient (Wildman–Crippen LogP) is 2.57. The third-order valence-electron chi connectivity index (χ3n) is 6.38. The second kappa shape index (κ2) is 19.4. The number of rotatable bonds is 17. The van der Waals surface area contributed by atoms with Crippen LogP contribution in [0.3, 0.4) is 0 Å². The van der Waals surface area contributed by atoms with Crippen LogP contribution in [0.25, 0.3) is 0 Å². The summed E-state index contributed by atoms with van der Waals surface area (Å²) in [7, 11) is 0. The zero-order valence-corrected chi connectivity index (χ0v) is 28.7. The smallest absolute Gasteiger partial charge is 0.408 e. The first kappa shape index (κ1) is 39.9. The van der Waals surface area contributed by atoms with Crippen LogP contribution in [-0.4, -0.2) is 72.5 Å². The molecule has 1 rings (SSSR count). The van der Waals surface area contributed by atoms with Crippen molar-refractivity contribution < 1.29 is 38.2 Å². The number of hydrogen-bond donors (Lipinski definition) is 5. The van der Waals surface area contributed by atoms with Crippen molar-refractivity contribution in [3.05, 3.63) is 35.9 Å². The van der Waals surface area contributed by atoms with Gasteiger partial charge in [-0.3, -0.25) is 19.2 Å². The van der Waals surface area contributed by atoms with Crippen LogP contribution in [-0.2, 0) is 40.1 Å². The molecule has 0 bridgehead atoms. The summed E-state index contributed by atoms with van der Waals surface area (Å²) in [6.45, 7) is 15.4. The molecule has 13 heteroatoms. The molecule has 5 amide bonds. The maximum atomic E-state index is 13.0. The Balaban J connectivity index is 2.71. The maximum absolute atomic E-state index is 13.0. The average molecular weight is 648 g/mol. The summed E-state index contributed by atoms with van der Waals surface area (Å²) < 4.78 is 10.6. The molecule has 0 aromatic heterocycles. The van der Waals surface area contributed by atoms with Gasteiger partial charge in [-0.15, -0.1) is 0 Å². The van der Waals surface area contributed by atoms with Gasteiger partial charge in [-0.2, -0.15) is 0 Å². The summed E-state index contributed by atoms with van der Waals surface area (Å²) in [6, 6.07) is 6.31. The molecule has 13 nitrogen and oxygen atoms in total. The second-order valence-electron chi connectivity index (χ2n) is 13.4. The van der Waals surface area contributed by atoms with E-state index in [0.29, 0.717) is 6.42 Å². The van der Waals surface area contributed by atoms with E-state index < -0.39 is 72.5 Å². The van der Waals surface area contributed by atoms with Crippen LogP contribution in [0.15, 0.2) is 30.3 Å². The van der Waals surface area contributed by atoms with Crippen LogP contribution < -0.4 is 26.6 Å². The number of alkyl carbamates (subject to hydrolysis) is 1. The summed E-state index contributed by atoms with van der Waals surface area (Å²) in [6.07, 6.45) is -0.168. The van der Waals surface area contributed by atoms with Gasteiger partial charge in [0.15, 0.2) is 0 Å². The zero-order chi connectivity index (χ0) is 35.0. The van der Waals surface area contributed by atoms with E-state index in [9.17, 15) is 28.8 Å². The first-order valence-corrected chi connectivity index (χ1v) is 15.7. The Morgan fingerprint density at radius 2 is 1.17 bits per heavy atom. The van der Waals surface area contributed by atoms with Gasteiger partial charge in [0, 0.05) is 0 Å². The van der Waals surface area contributed by atoms with E-state index >= 15 is 0 Å². The summed E-state index contributed by atoms with van der Waals surface area (Å²) in [5, 5.41) is 12.8. The van der Waals surface area contributed by atoms with Crippen LogP contribution in [0.4, 0.5) is 4.79 Å². The molecule has 46 heavy (non-hydrogen) atoms. The molecule has 0 saturated carbocycles. The number of carbonyl (C=O) groups excluding carboxylic acids is 6. The molecule has 0 saturated heterocycles. The molecule has 1 aromatic rings. The lowest BCUT2D eigenvalue weighted by molar-refractivity contribution is -0.150. The highest BCUT2D eigenvalue weighted by molar-refractivity contribution is 5.93. The molecule has 0 spiro atoms. The number of ether oxygens (including phenoxy) is 2. The standard InChI is InChI=1S/C33H53N5O8/c1-20(2)15-24(36-26(39)17-34-30(42)25(16-21(3)4)37-32(44)46-33(7,8)9)29(41)35-18-27(40)38-28(22(5)6)31(43)45-19-23-13-11-10-12-14-23/h10-14,20-22,24-25,28H,15-19H2,1-9H3,(H,34,42)(H,35,41)(H,36,39)(H,37,44)(H,38,40)/t24-,25-,28-/m0/s1. The van der Waals surface area contributed by atoms with E-state index in [0.717, 1.165) is 5.56 Å². The van der Waals surface area contributed by atoms with Crippen LogP contribution >= 0.6 is 0 Å². The summed E-state index contributed by atoms with van der Waals surface area (Å²) >= 11 is 0. The Morgan fingerprint density at radius 3 is 1.63 bits per heavy atom. The lowest BCUT2D eigenvalue weighted by Gasteiger charge is -2.24. The number of amides is 5. The summed E-state index contributed by atoms with van der Waals surface area (Å²) in [4.78, 5) is 76.2. The van der Waals surface area contributed by atoms with E-state index in [1.165, 1.54) is 0 Å². The first-order chi connectivity index (χ1) is 21.4. The minimum absolute atomic E-state index is 0.0117. The highest BCUT2D eigenvalue weighted by Crippen LogP contribution is 2.11. The summed E-state index contributed by atoms with van der Waals surface area (Å²) in [5.74, 6) is -3.18. The fourth-order valence-corrected chi connectivity index (χ4v) is 4.22. The number of esters is 1. The molecule has 0 unspecified atom stereocenters. The van der Waals surface area contributed by atoms with Crippen LogP contribution in [0.5, 0.6) is 0 Å². The highest BCUT2D eigenvalue weighted by atomic mass is 16.6. The monoisotopic (exact) mass is 647 g/mol. The lowest BCUT2D eigenvalue weighted by Crippen LogP contribution is -2.54. The maximum Gasteiger partial charge on any atom is 0.408 e. The molecule has 0 heterocycles. The van der Waals surface area contributed by atoms with Crippen molar-refractivity contribution in [3.8, 4) is 0 Å². The van der Waals surface area contributed by atoms with Gasteiger partial charge in [-0.25, -0.2) is 9.59 Å². The Kier molecular flexibility index (Phi) is 16.8. The number of hydrogen-bond acceptors (Lipinski definition) is 8. The van der Waals surface area contributed by atoms with Crippen molar-refractivity contribution in [2.45, 2.75) is 105 Å². The second-order valence-corrected chi connectivity index (χ2v) is 13.4. The molecule has 1 aromatic carbocycles. The van der Waals surface area contributed by atoms with Gasteiger partial charge in [-0.05, 0) is 56.9 Å². The van der Waals surface area contributed by atoms with Gasteiger partial charge in [0.1, 0.15) is 30.3 Å². The molecule has 258 valence electrons. The quantitative estimate of drug-likeness (QED) is 0.160. The van der Waals surface area contributed by atoms with E-state index in [1.54, 1.807) is 34.6 Å². The van der Waals surface area contributed by atoms with Crippen LogP contribution in [0.1, 0.15) is 80.7 Å². The van der Waals surface area contributed by atoms with Crippen LogP contribution in [0, 0.1) is 17.8 Å². The minimum Gasteiger partial charge on any atom is -0.459 e. The zero-order valence-electron chi connectivity index (χ0n) is 28.7. The SMILES string of the molecule is CC(C)C[C@H](NC(=O)CNC(=O)[C@H](CC(C)C)NC(=O)OC(C)(C)C)C(=O)NCC(=O)N[C@H](C(=O)OCc1ccccc1)C(C)C. The Hall–Kier alpha value is -4.16. The van der Waals surface area contributed by atoms with Gasteiger partial charge in [0.25, 0.3) is 0 Å². The molecular weight excluding hydrogens is 594 g/mol. The van der Waals surface area contributed by atoms with Gasteiger partial charge in [-0.1, -0.05) is 71.9 Å². The normalized spacial score (nSPS) is 13.3. The van der Waals surface area contributed by atoms with Gasteiger partial charge >= 0.3 is 12.1 Å². The topological polar surface area (TPSA) is 181 Å². The van der Waals surface area contributed by atoms with Crippen molar-refractivity contribution in [2.24, 2.45) is 17.8 Å². The molecular formula is C33H53N5O8. The molecule has 0 aliphatic heterocycles. The highest BCUT2D eigenvalue weighted by Gasteiger charge is 2.28. The Morgan fingerprint density at radius 1 is 0.696 bits per heavy atom. The number of carbonyl (C=O) groups is 6. The number of nitrogens with one attached hydrogen (secondary N) is 5. The van der Waals surface area contributed by atoms with Crippen molar-refractivity contribution in [2.75, 3.05) is 13.1 Å². The van der Waals surface area contributed by atoms with Gasteiger partial charge in [0.2, 0.25) is 23.6 Å². The Labute approximate surface area is 272 Å². The first-order valence-electron chi connectivity index (χ1n) is 15.7. The fraction of sp³-hybridized carbons (Fsp3) is 0.636. The van der Waals surface area contributed by atoms with Gasteiger partial charge in [0.05, 0.1) is 13.1 Å². The van der Waals surface area contributed by atoms with Crippen LogP contribution in [0.2, 0.25) is 0 Å². The van der Waals surface area contributed by atoms with E-state index in [-0.39, 0.29) is 30.8 Å². The summed E-state index contributed by atoms with van der Waals surface area (Å²) in [5.41, 5.74) is 0.0580. The van der Waals surface area contributed by atoms with Crippen molar-refractivity contribution in [1.82, 2.24) is 26.6 Å². The fourth-order valence-electron chi connectivity index (χ4n) is 4.22. The number of benzene rings is 1.